The average molecular weight is 392 g/mol. The Labute approximate surface area is 165 Å². The molecule has 1 atom stereocenters. The van der Waals surface area contributed by atoms with Gasteiger partial charge >= 0.3 is 12.1 Å². The minimum Gasteiger partial charge on any atom is -0.465 e. The number of rotatable bonds is 4. The largest absolute Gasteiger partial charge is 0.465 e. The van der Waals surface area contributed by atoms with E-state index in [0.717, 1.165) is 35.3 Å². The minimum atomic E-state index is -0.494. The number of amides is 1. The zero-order valence-electron chi connectivity index (χ0n) is 17.0. The van der Waals surface area contributed by atoms with Crippen LogP contribution in [0.2, 0.25) is 0 Å². The summed E-state index contributed by atoms with van der Waals surface area (Å²) >= 11 is 1.56. The molecule has 0 saturated carbocycles. The first-order valence-electron chi connectivity index (χ1n) is 9.18. The first-order chi connectivity index (χ1) is 12.7. The van der Waals surface area contributed by atoms with Gasteiger partial charge < -0.3 is 14.8 Å². The van der Waals surface area contributed by atoms with Crippen LogP contribution < -0.4 is 5.32 Å². The van der Waals surface area contributed by atoms with Gasteiger partial charge in [-0.25, -0.2) is 9.59 Å². The summed E-state index contributed by atoms with van der Waals surface area (Å²) in [6, 6.07) is 0.0803. The highest BCUT2D eigenvalue weighted by molar-refractivity contribution is 7.11. The molecule has 0 spiro atoms. The first-order valence-corrected chi connectivity index (χ1v) is 10.1. The summed E-state index contributed by atoms with van der Waals surface area (Å²) in [5, 5.41) is 4.80. The number of carbonyl (C=O) groups excluding carboxylic acids is 2. The van der Waals surface area contributed by atoms with Crippen LogP contribution in [0.1, 0.15) is 67.8 Å². The van der Waals surface area contributed by atoms with E-state index in [1.165, 1.54) is 12.7 Å². The van der Waals surface area contributed by atoms with Crippen molar-refractivity contribution in [3.8, 4) is 0 Å². The molecule has 1 amide bonds. The average Bonchev–Trinajstić information content (AvgIpc) is 2.96. The van der Waals surface area contributed by atoms with E-state index in [1.54, 1.807) is 11.3 Å². The lowest BCUT2D eigenvalue weighted by Gasteiger charge is -2.26. The monoisotopic (exact) mass is 391 g/mol. The van der Waals surface area contributed by atoms with Crippen molar-refractivity contribution in [1.82, 2.24) is 5.32 Å². The number of carbonyl (C=O) groups is 2. The van der Waals surface area contributed by atoms with E-state index in [-0.39, 0.29) is 18.1 Å². The lowest BCUT2D eigenvalue weighted by Crippen LogP contribution is -2.39. The van der Waals surface area contributed by atoms with Crippen LogP contribution >= 0.6 is 11.3 Å². The highest BCUT2D eigenvalue weighted by Gasteiger charge is 2.24. The number of allylic oxidation sites excluding steroid dienone is 3. The van der Waals surface area contributed by atoms with Crippen molar-refractivity contribution in [3.63, 3.8) is 0 Å². The molecule has 0 fully saturated rings. The van der Waals surface area contributed by atoms with Crippen molar-refractivity contribution >= 4 is 29.0 Å². The normalized spacial score (nSPS) is 17.9. The fraction of sp³-hybridized carbons (Fsp3) is 0.524. The minimum absolute atomic E-state index is 0.0803. The maximum Gasteiger partial charge on any atom is 0.407 e. The van der Waals surface area contributed by atoms with Gasteiger partial charge in [0.05, 0.1) is 12.7 Å². The first kappa shape index (κ1) is 21.2. The second kappa shape index (κ2) is 8.74. The van der Waals surface area contributed by atoms with Crippen molar-refractivity contribution in [3.05, 3.63) is 39.1 Å². The van der Waals surface area contributed by atoms with Crippen molar-refractivity contribution < 1.29 is 19.1 Å². The Hall–Kier alpha value is -2.08. The molecular formula is C21H29NO4S. The van der Waals surface area contributed by atoms with Gasteiger partial charge in [0.2, 0.25) is 0 Å². The van der Waals surface area contributed by atoms with Gasteiger partial charge in [0.15, 0.2) is 0 Å². The van der Waals surface area contributed by atoms with Gasteiger partial charge in [0, 0.05) is 16.3 Å². The number of methoxy groups -OCH3 is 1. The SMILES string of the molecule is C/C=C(\C1=CC[C@@H](NC(=O)OC(C)(C)C)CC1)c1scc(C(=O)OC)c1C. The number of hydrogen-bond donors (Lipinski definition) is 1. The lowest BCUT2D eigenvalue weighted by atomic mass is 9.88. The third-order valence-corrected chi connectivity index (χ3v) is 5.57. The number of nitrogens with one attached hydrogen (secondary N) is 1. The Morgan fingerprint density at radius 3 is 2.56 bits per heavy atom. The Kier molecular flexibility index (Phi) is 6.87. The molecule has 2 rings (SSSR count). The predicted molar refractivity (Wildman–Crippen MR) is 109 cm³/mol. The quantitative estimate of drug-likeness (QED) is 0.712. The Morgan fingerprint density at radius 1 is 1.33 bits per heavy atom. The molecule has 0 aliphatic heterocycles. The number of ether oxygens (including phenoxy) is 2. The van der Waals surface area contributed by atoms with E-state index < -0.39 is 5.60 Å². The van der Waals surface area contributed by atoms with E-state index in [9.17, 15) is 9.59 Å². The van der Waals surface area contributed by atoms with Gasteiger partial charge in [-0.1, -0.05) is 12.2 Å². The Balaban J connectivity index is 2.08. The molecular weight excluding hydrogens is 362 g/mol. The van der Waals surface area contributed by atoms with Gasteiger partial charge in [-0.15, -0.1) is 11.3 Å². The summed E-state index contributed by atoms with van der Waals surface area (Å²) < 4.78 is 10.2. The third kappa shape index (κ3) is 5.45. The Bertz CT molecular complexity index is 768. The summed E-state index contributed by atoms with van der Waals surface area (Å²) in [6.45, 7) is 9.54. The number of hydrogen-bond acceptors (Lipinski definition) is 5. The van der Waals surface area contributed by atoms with Crippen LogP contribution in [-0.2, 0) is 9.47 Å². The van der Waals surface area contributed by atoms with E-state index in [0.29, 0.717) is 5.56 Å². The second-order valence-corrected chi connectivity index (χ2v) is 8.52. The van der Waals surface area contributed by atoms with E-state index in [4.69, 9.17) is 9.47 Å². The van der Waals surface area contributed by atoms with Gasteiger partial charge in [-0.2, -0.15) is 0 Å². The molecule has 1 N–H and O–H groups in total. The molecule has 148 valence electrons. The van der Waals surface area contributed by atoms with Gasteiger partial charge in [0.25, 0.3) is 0 Å². The van der Waals surface area contributed by atoms with Crippen molar-refractivity contribution in [2.24, 2.45) is 0 Å². The van der Waals surface area contributed by atoms with E-state index in [1.807, 2.05) is 40.0 Å². The molecule has 1 aliphatic rings. The van der Waals surface area contributed by atoms with Crippen LogP contribution in [0, 0.1) is 6.92 Å². The highest BCUT2D eigenvalue weighted by Crippen LogP contribution is 2.37. The topological polar surface area (TPSA) is 64.6 Å². The van der Waals surface area contributed by atoms with Crippen molar-refractivity contribution in [2.45, 2.75) is 65.5 Å². The number of thiophene rings is 1. The molecule has 1 aliphatic carbocycles. The fourth-order valence-corrected chi connectivity index (χ4v) is 4.31. The molecule has 0 bridgehead atoms. The molecule has 1 aromatic rings. The van der Waals surface area contributed by atoms with Gasteiger partial charge in [-0.3, -0.25) is 0 Å². The molecule has 27 heavy (non-hydrogen) atoms. The third-order valence-electron chi connectivity index (χ3n) is 4.46. The molecule has 0 saturated heterocycles. The summed E-state index contributed by atoms with van der Waals surface area (Å²) in [7, 11) is 1.40. The number of alkyl carbamates (subject to hydrolysis) is 1. The highest BCUT2D eigenvalue weighted by atomic mass is 32.1. The summed E-state index contributed by atoms with van der Waals surface area (Å²) in [4.78, 5) is 24.9. The lowest BCUT2D eigenvalue weighted by molar-refractivity contribution is 0.0500. The van der Waals surface area contributed by atoms with Crippen molar-refractivity contribution in [2.75, 3.05) is 7.11 Å². The van der Waals surface area contributed by atoms with Gasteiger partial charge in [-0.05, 0) is 70.6 Å². The van der Waals surface area contributed by atoms with Crippen LogP contribution in [0.25, 0.3) is 5.57 Å². The molecule has 0 unspecified atom stereocenters. The van der Waals surface area contributed by atoms with E-state index >= 15 is 0 Å². The van der Waals surface area contributed by atoms with Crippen LogP contribution in [0.5, 0.6) is 0 Å². The summed E-state index contributed by atoms with van der Waals surface area (Å²) in [6.07, 6.45) is 6.39. The predicted octanol–water partition coefficient (Wildman–Crippen LogP) is 5.25. The molecule has 5 nitrogen and oxygen atoms in total. The van der Waals surface area contributed by atoms with Crippen LogP contribution in [0.15, 0.2) is 23.1 Å². The fourth-order valence-electron chi connectivity index (χ4n) is 3.14. The standard InChI is InChI=1S/C21H29NO4S/c1-7-16(18-13(2)17(12-27-18)19(23)25-6)14-8-10-15(11-9-14)22-20(24)26-21(3,4)5/h7-8,12,15H,9-11H2,1-6H3,(H,22,24)/b16-7+/t15-/m1/s1. The molecule has 6 heteroatoms. The van der Waals surface area contributed by atoms with Crippen LogP contribution in [0.3, 0.4) is 0 Å². The number of esters is 1. The van der Waals surface area contributed by atoms with Gasteiger partial charge in [0.1, 0.15) is 5.60 Å². The molecule has 1 heterocycles. The van der Waals surface area contributed by atoms with Crippen molar-refractivity contribution in [1.29, 1.82) is 0 Å². The smallest absolute Gasteiger partial charge is 0.407 e. The zero-order chi connectivity index (χ0) is 20.2. The van der Waals surface area contributed by atoms with Crippen LogP contribution in [-0.4, -0.2) is 30.8 Å². The molecule has 0 radical (unpaired) electrons. The Morgan fingerprint density at radius 2 is 2.04 bits per heavy atom. The molecule has 0 aromatic carbocycles. The maximum absolute atomic E-state index is 12.0. The summed E-state index contributed by atoms with van der Waals surface area (Å²) in [5.41, 5.74) is 3.49. The maximum atomic E-state index is 12.0. The van der Waals surface area contributed by atoms with Crippen LogP contribution in [0.4, 0.5) is 4.79 Å². The second-order valence-electron chi connectivity index (χ2n) is 7.64. The zero-order valence-corrected chi connectivity index (χ0v) is 17.8. The van der Waals surface area contributed by atoms with E-state index in [2.05, 4.69) is 17.5 Å². The summed E-state index contributed by atoms with van der Waals surface area (Å²) in [5.74, 6) is -0.301. The molecule has 1 aromatic heterocycles.